The van der Waals surface area contributed by atoms with Gasteiger partial charge in [0, 0.05) is 25.7 Å². The van der Waals surface area contributed by atoms with Crippen LogP contribution in [0.4, 0.5) is 0 Å². The first kappa shape index (κ1) is 15.3. The number of aryl methyl sites for hydroxylation is 2. The van der Waals surface area contributed by atoms with E-state index in [1.807, 2.05) is 0 Å². The van der Waals surface area contributed by atoms with Crippen molar-refractivity contribution in [3.63, 3.8) is 0 Å². The van der Waals surface area contributed by atoms with Crippen LogP contribution < -0.4 is 10.5 Å². The number of nitrogens with zero attached hydrogens (tertiary/aromatic N) is 1. The number of ether oxygens (including phenoxy) is 1. The molecule has 2 unspecified atom stereocenters. The normalized spacial score (nSPS) is 23.8. The molecule has 0 radical (unpaired) electrons. The molecule has 112 valence electrons. The fourth-order valence-electron chi connectivity index (χ4n) is 3.03. The van der Waals surface area contributed by atoms with E-state index < -0.39 is 0 Å². The first-order chi connectivity index (χ1) is 9.54. The van der Waals surface area contributed by atoms with Gasteiger partial charge in [0.1, 0.15) is 5.75 Å². The maximum absolute atomic E-state index is 6.07. The highest BCUT2D eigenvalue weighted by atomic mass is 16.5. The quantitative estimate of drug-likeness (QED) is 0.840. The largest absolute Gasteiger partial charge is 0.493 e. The molecule has 1 aliphatic heterocycles. The van der Waals surface area contributed by atoms with Crippen LogP contribution >= 0.6 is 0 Å². The van der Waals surface area contributed by atoms with Crippen LogP contribution in [0.25, 0.3) is 0 Å². The zero-order chi connectivity index (χ0) is 14.5. The van der Waals surface area contributed by atoms with E-state index in [2.05, 4.69) is 43.9 Å². The van der Waals surface area contributed by atoms with E-state index in [1.165, 1.54) is 17.7 Å². The average Bonchev–Trinajstić information content (AvgIpc) is 2.37. The molecule has 3 nitrogen and oxygen atoms in total. The molecule has 2 N–H and O–H groups in total. The number of nitrogens with two attached hydrogens (primary N) is 1. The smallest absolute Gasteiger partial charge is 0.122 e. The Labute approximate surface area is 123 Å². The summed E-state index contributed by atoms with van der Waals surface area (Å²) in [4.78, 5) is 2.48. The van der Waals surface area contributed by atoms with Crippen LogP contribution in [0.2, 0.25) is 0 Å². The van der Waals surface area contributed by atoms with E-state index in [-0.39, 0.29) is 0 Å². The van der Waals surface area contributed by atoms with Gasteiger partial charge in [-0.2, -0.15) is 0 Å². The summed E-state index contributed by atoms with van der Waals surface area (Å²) in [5.41, 5.74) is 8.54. The highest BCUT2D eigenvalue weighted by molar-refractivity contribution is 5.35. The Morgan fingerprint density at radius 3 is 2.85 bits per heavy atom. The molecule has 0 amide bonds. The van der Waals surface area contributed by atoms with Crippen LogP contribution in [0, 0.1) is 19.8 Å². The lowest BCUT2D eigenvalue weighted by atomic mass is 9.96. The van der Waals surface area contributed by atoms with Crippen molar-refractivity contribution in [2.75, 3.05) is 26.2 Å². The van der Waals surface area contributed by atoms with Crippen LogP contribution in [0.1, 0.15) is 30.9 Å². The maximum Gasteiger partial charge on any atom is 0.122 e. The van der Waals surface area contributed by atoms with Crippen molar-refractivity contribution in [1.82, 2.24) is 4.90 Å². The third kappa shape index (κ3) is 4.50. The topological polar surface area (TPSA) is 38.5 Å². The van der Waals surface area contributed by atoms with E-state index in [9.17, 15) is 0 Å². The fourth-order valence-corrected chi connectivity index (χ4v) is 3.03. The zero-order valence-corrected chi connectivity index (χ0v) is 13.1. The standard InChI is InChI=1S/C17H28N2O/c1-13-5-6-15(3)17(10-13)20-8-4-7-19-11-14(2)9-16(18)12-19/h5-6,10,14,16H,4,7-9,11-12,18H2,1-3H3. The van der Waals surface area contributed by atoms with Crippen LogP contribution in [-0.2, 0) is 0 Å². The minimum absolute atomic E-state index is 0.346. The molecule has 1 heterocycles. The minimum atomic E-state index is 0.346. The molecular formula is C17H28N2O. The Balaban J connectivity index is 1.72. The second-order valence-corrected chi connectivity index (χ2v) is 6.33. The number of benzene rings is 1. The van der Waals surface area contributed by atoms with Crippen molar-refractivity contribution in [2.45, 2.75) is 39.7 Å². The van der Waals surface area contributed by atoms with Gasteiger partial charge in [-0.1, -0.05) is 19.1 Å². The van der Waals surface area contributed by atoms with Gasteiger partial charge in [0.25, 0.3) is 0 Å². The summed E-state index contributed by atoms with van der Waals surface area (Å²) in [6.45, 7) is 10.6. The SMILES string of the molecule is Cc1ccc(C)c(OCCCN2CC(C)CC(N)C2)c1. The Bertz CT molecular complexity index is 423. The molecule has 1 aromatic carbocycles. The van der Waals surface area contributed by atoms with Crippen molar-refractivity contribution in [1.29, 1.82) is 0 Å². The van der Waals surface area contributed by atoms with Crippen LogP contribution in [0.15, 0.2) is 18.2 Å². The number of rotatable bonds is 5. The van der Waals surface area contributed by atoms with E-state index >= 15 is 0 Å². The molecule has 3 heteroatoms. The van der Waals surface area contributed by atoms with E-state index in [0.717, 1.165) is 44.2 Å². The van der Waals surface area contributed by atoms with Gasteiger partial charge < -0.3 is 15.4 Å². The molecule has 2 rings (SSSR count). The minimum Gasteiger partial charge on any atom is -0.493 e. The highest BCUT2D eigenvalue weighted by Crippen LogP contribution is 2.19. The molecule has 0 spiro atoms. The number of likely N-dealkylation sites (tertiary alicyclic amines) is 1. The van der Waals surface area contributed by atoms with Crippen molar-refractivity contribution < 1.29 is 4.74 Å². The van der Waals surface area contributed by atoms with Gasteiger partial charge in [-0.3, -0.25) is 0 Å². The van der Waals surface area contributed by atoms with Crippen LogP contribution in [0.5, 0.6) is 5.75 Å². The van der Waals surface area contributed by atoms with Gasteiger partial charge in [0.05, 0.1) is 6.61 Å². The summed E-state index contributed by atoms with van der Waals surface area (Å²) in [6, 6.07) is 6.71. The number of piperidine rings is 1. The monoisotopic (exact) mass is 276 g/mol. The summed E-state index contributed by atoms with van der Waals surface area (Å²) in [6.07, 6.45) is 2.22. The molecule has 2 atom stereocenters. The molecule has 1 fully saturated rings. The summed E-state index contributed by atoms with van der Waals surface area (Å²) < 4.78 is 5.90. The molecule has 0 saturated carbocycles. The van der Waals surface area contributed by atoms with Gasteiger partial charge in [-0.15, -0.1) is 0 Å². The molecule has 1 saturated heterocycles. The predicted octanol–water partition coefficient (Wildman–Crippen LogP) is 2.74. The maximum atomic E-state index is 6.07. The Morgan fingerprint density at radius 2 is 2.10 bits per heavy atom. The van der Waals surface area contributed by atoms with Crippen molar-refractivity contribution in [3.05, 3.63) is 29.3 Å². The number of hydrogen-bond donors (Lipinski definition) is 1. The van der Waals surface area contributed by atoms with Gasteiger partial charge in [-0.25, -0.2) is 0 Å². The second kappa shape index (κ2) is 7.09. The van der Waals surface area contributed by atoms with Gasteiger partial charge >= 0.3 is 0 Å². The third-order valence-corrected chi connectivity index (χ3v) is 3.99. The Kier molecular flexibility index (Phi) is 5.44. The summed E-state index contributed by atoms with van der Waals surface area (Å²) >= 11 is 0. The first-order valence-corrected chi connectivity index (χ1v) is 7.72. The third-order valence-electron chi connectivity index (χ3n) is 3.99. The van der Waals surface area contributed by atoms with E-state index in [0.29, 0.717) is 6.04 Å². The molecule has 1 aliphatic rings. The average molecular weight is 276 g/mol. The van der Waals surface area contributed by atoms with Gasteiger partial charge in [0.15, 0.2) is 0 Å². The second-order valence-electron chi connectivity index (χ2n) is 6.33. The van der Waals surface area contributed by atoms with E-state index in [4.69, 9.17) is 10.5 Å². The molecule has 0 bridgehead atoms. The van der Waals surface area contributed by atoms with Crippen molar-refractivity contribution in [2.24, 2.45) is 11.7 Å². The fraction of sp³-hybridized carbons (Fsp3) is 0.647. The van der Waals surface area contributed by atoms with Crippen molar-refractivity contribution in [3.8, 4) is 5.75 Å². The lowest BCUT2D eigenvalue weighted by Crippen LogP contribution is -2.46. The zero-order valence-electron chi connectivity index (χ0n) is 13.1. The Morgan fingerprint density at radius 1 is 1.30 bits per heavy atom. The highest BCUT2D eigenvalue weighted by Gasteiger charge is 2.21. The van der Waals surface area contributed by atoms with Crippen molar-refractivity contribution >= 4 is 0 Å². The van der Waals surface area contributed by atoms with E-state index in [1.54, 1.807) is 0 Å². The predicted molar refractivity (Wildman–Crippen MR) is 84.2 cm³/mol. The van der Waals surface area contributed by atoms with Gasteiger partial charge in [-0.05, 0) is 49.8 Å². The van der Waals surface area contributed by atoms with Crippen LogP contribution in [-0.4, -0.2) is 37.2 Å². The summed E-state index contributed by atoms with van der Waals surface area (Å²) in [7, 11) is 0. The lowest BCUT2D eigenvalue weighted by molar-refractivity contribution is 0.154. The molecule has 0 aliphatic carbocycles. The number of hydrogen-bond acceptors (Lipinski definition) is 3. The lowest BCUT2D eigenvalue weighted by Gasteiger charge is -2.34. The summed E-state index contributed by atoms with van der Waals surface area (Å²) in [5.74, 6) is 1.74. The molecule has 1 aromatic rings. The molecule has 0 aromatic heterocycles. The summed E-state index contributed by atoms with van der Waals surface area (Å²) in [5, 5.41) is 0. The molecular weight excluding hydrogens is 248 g/mol. The van der Waals surface area contributed by atoms with Gasteiger partial charge in [0.2, 0.25) is 0 Å². The van der Waals surface area contributed by atoms with Crippen LogP contribution in [0.3, 0.4) is 0 Å². The first-order valence-electron chi connectivity index (χ1n) is 7.72. The Hall–Kier alpha value is -1.06. The molecule has 20 heavy (non-hydrogen) atoms.